The van der Waals surface area contributed by atoms with Crippen LogP contribution in [0.2, 0.25) is 5.02 Å². The zero-order valence-corrected chi connectivity index (χ0v) is 17.0. The second kappa shape index (κ2) is 10.2. The topological polar surface area (TPSA) is 117 Å². The van der Waals surface area contributed by atoms with Gasteiger partial charge in [-0.05, 0) is 42.3 Å². The summed E-state index contributed by atoms with van der Waals surface area (Å²) in [6.07, 6.45) is 2.16. The van der Waals surface area contributed by atoms with Crippen LogP contribution in [0.15, 0.2) is 66.9 Å². The molecule has 3 N–H and O–H groups in total. The molecular weight excluding hydrogens is 420 g/mol. The second-order valence-electron chi connectivity index (χ2n) is 6.35. The Hall–Kier alpha value is -3.91. The van der Waals surface area contributed by atoms with E-state index in [4.69, 9.17) is 21.5 Å². The number of rotatable bonds is 5. The summed E-state index contributed by atoms with van der Waals surface area (Å²) < 4.78 is 1.64. The first kappa shape index (κ1) is 21.8. The lowest BCUT2D eigenvalue weighted by Crippen LogP contribution is -2.26. The van der Waals surface area contributed by atoms with Crippen molar-refractivity contribution < 1.29 is 19.8 Å². The Bertz CT molecular complexity index is 1190. The van der Waals surface area contributed by atoms with Crippen molar-refractivity contribution >= 4 is 29.6 Å². The fourth-order valence-electron chi connectivity index (χ4n) is 3.03. The summed E-state index contributed by atoms with van der Waals surface area (Å²) in [7, 11) is 0. The lowest BCUT2D eigenvalue weighted by molar-refractivity contribution is -0.122. The van der Waals surface area contributed by atoms with Crippen molar-refractivity contribution in [3.63, 3.8) is 0 Å². The van der Waals surface area contributed by atoms with Crippen LogP contribution in [0, 0.1) is 0 Å². The Morgan fingerprint density at radius 2 is 1.81 bits per heavy atom. The monoisotopic (exact) mass is 438 g/mol. The molecule has 2 aromatic heterocycles. The van der Waals surface area contributed by atoms with Gasteiger partial charge in [0.05, 0.1) is 0 Å². The van der Waals surface area contributed by atoms with E-state index >= 15 is 0 Å². The van der Waals surface area contributed by atoms with Crippen molar-refractivity contribution in [2.24, 2.45) is 0 Å². The maximum Gasteiger partial charge on any atom is 0.290 e. The highest BCUT2D eigenvalue weighted by Crippen LogP contribution is 2.26. The average molecular weight is 439 g/mol. The summed E-state index contributed by atoms with van der Waals surface area (Å²) in [6, 6.07) is 17.8. The zero-order chi connectivity index (χ0) is 22.2. The fourth-order valence-corrected chi connectivity index (χ4v) is 3.16. The molecule has 2 aromatic carbocycles. The molecule has 0 saturated heterocycles. The minimum Gasteiger partial charge on any atom is -0.508 e. The van der Waals surface area contributed by atoms with Crippen LogP contribution in [0.5, 0.6) is 5.75 Å². The van der Waals surface area contributed by atoms with Gasteiger partial charge in [0.1, 0.15) is 11.4 Å². The molecule has 4 aromatic rings. The number of carbonyl (C=O) groups is 2. The smallest absolute Gasteiger partial charge is 0.290 e. The molecular formula is C22H19ClN4O4. The standard InChI is InChI=1S/C21H17ClN4O2.CH2O2/c22-16-9-7-15(8-10-16)20-19(25-18-6-3-12-24-26(18)20)21(28)23-13-11-14-4-1-2-5-17(14)27;2-1-3/h1-10,12,27H,11,13H2,(H,23,28);1H,(H,2,3). The van der Waals surface area contributed by atoms with E-state index in [-0.39, 0.29) is 18.1 Å². The number of halogens is 1. The number of hydrogen-bond acceptors (Lipinski definition) is 5. The van der Waals surface area contributed by atoms with Gasteiger partial charge in [-0.3, -0.25) is 9.59 Å². The normalized spacial score (nSPS) is 10.2. The Kier molecular flexibility index (Phi) is 7.18. The number of para-hydroxylation sites is 1. The van der Waals surface area contributed by atoms with Crippen LogP contribution >= 0.6 is 11.6 Å². The van der Waals surface area contributed by atoms with Gasteiger partial charge in [0.25, 0.3) is 12.4 Å². The molecule has 0 unspecified atom stereocenters. The zero-order valence-electron chi connectivity index (χ0n) is 16.3. The number of nitrogens with one attached hydrogen (secondary N) is 1. The highest BCUT2D eigenvalue weighted by molar-refractivity contribution is 6.30. The van der Waals surface area contributed by atoms with Crippen molar-refractivity contribution in [1.29, 1.82) is 0 Å². The SMILES string of the molecule is O=C(NCCc1ccccc1O)c1nc2cccnn2c1-c1ccc(Cl)cc1.O=CO. The maximum atomic E-state index is 12.8. The summed E-state index contributed by atoms with van der Waals surface area (Å²) >= 11 is 6.00. The first-order valence-electron chi connectivity index (χ1n) is 9.27. The van der Waals surface area contributed by atoms with Crippen LogP contribution in [0.3, 0.4) is 0 Å². The lowest BCUT2D eigenvalue weighted by atomic mass is 10.1. The first-order valence-corrected chi connectivity index (χ1v) is 9.65. The predicted octanol–water partition coefficient (Wildman–Crippen LogP) is 3.43. The number of phenolic OH excluding ortho intramolecular Hbond substituents is 1. The van der Waals surface area contributed by atoms with Gasteiger partial charge in [0, 0.05) is 23.3 Å². The molecule has 0 saturated carbocycles. The maximum absolute atomic E-state index is 12.8. The molecule has 2 heterocycles. The van der Waals surface area contributed by atoms with Crippen LogP contribution in [-0.2, 0) is 11.2 Å². The van der Waals surface area contributed by atoms with Crippen LogP contribution in [0.1, 0.15) is 16.1 Å². The summed E-state index contributed by atoms with van der Waals surface area (Å²) in [5.41, 5.74) is 3.04. The number of imidazole rings is 1. The van der Waals surface area contributed by atoms with E-state index in [1.165, 1.54) is 0 Å². The van der Waals surface area contributed by atoms with E-state index in [1.807, 2.05) is 24.3 Å². The van der Waals surface area contributed by atoms with Crippen molar-refractivity contribution in [3.8, 4) is 17.0 Å². The Labute approximate surface area is 182 Å². The third kappa shape index (κ3) is 5.18. The molecule has 9 heteroatoms. The van der Waals surface area contributed by atoms with Crippen LogP contribution in [-0.4, -0.2) is 43.7 Å². The summed E-state index contributed by atoms with van der Waals surface area (Å²) in [4.78, 5) is 25.7. The molecule has 0 radical (unpaired) electrons. The van der Waals surface area contributed by atoms with Crippen molar-refractivity contribution in [2.75, 3.05) is 6.54 Å². The molecule has 0 spiro atoms. The average Bonchev–Trinajstić information content (AvgIpc) is 3.16. The van der Waals surface area contributed by atoms with E-state index in [1.54, 1.807) is 47.1 Å². The number of benzene rings is 2. The molecule has 0 atom stereocenters. The van der Waals surface area contributed by atoms with Gasteiger partial charge in [-0.2, -0.15) is 5.10 Å². The van der Waals surface area contributed by atoms with E-state index in [9.17, 15) is 9.90 Å². The molecule has 0 aliphatic carbocycles. The van der Waals surface area contributed by atoms with Crippen LogP contribution in [0.25, 0.3) is 16.9 Å². The third-order valence-electron chi connectivity index (χ3n) is 4.40. The lowest BCUT2D eigenvalue weighted by Gasteiger charge is -2.07. The molecule has 4 rings (SSSR count). The Morgan fingerprint density at radius 1 is 1.10 bits per heavy atom. The number of carboxylic acid groups (broad SMARTS) is 1. The van der Waals surface area contributed by atoms with Gasteiger partial charge in [0.2, 0.25) is 0 Å². The number of nitrogens with zero attached hydrogens (tertiary/aromatic N) is 3. The van der Waals surface area contributed by atoms with Crippen molar-refractivity contribution in [1.82, 2.24) is 19.9 Å². The molecule has 0 bridgehead atoms. The summed E-state index contributed by atoms with van der Waals surface area (Å²) in [5.74, 6) is -0.0820. The van der Waals surface area contributed by atoms with Gasteiger partial charge < -0.3 is 15.5 Å². The highest BCUT2D eigenvalue weighted by Gasteiger charge is 2.21. The third-order valence-corrected chi connectivity index (χ3v) is 4.65. The summed E-state index contributed by atoms with van der Waals surface area (Å²) in [5, 5.41) is 24.6. The van der Waals surface area contributed by atoms with Gasteiger partial charge >= 0.3 is 0 Å². The van der Waals surface area contributed by atoms with Crippen molar-refractivity contribution in [3.05, 3.63) is 83.1 Å². The van der Waals surface area contributed by atoms with E-state index in [0.717, 1.165) is 11.1 Å². The molecule has 31 heavy (non-hydrogen) atoms. The predicted molar refractivity (Wildman–Crippen MR) is 116 cm³/mol. The first-order chi connectivity index (χ1) is 15.0. The van der Waals surface area contributed by atoms with Crippen LogP contribution < -0.4 is 5.32 Å². The number of carbonyl (C=O) groups excluding carboxylic acids is 1. The Morgan fingerprint density at radius 3 is 2.52 bits per heavy atom. The number of hydrogen-bond donors (Lipinski definition) is 3. The van der Waals surface area contributed by atoms with E-state index < -0.39 is 0 Å². The minimum absolute atomic E-state index is 0.218. The van der Waals surface area contributed by atoms with Crippen LogP contribution in [0.4, 0.5) is 0 Å². The largest absolute Gasteiger partial charge is 0.508 e. The number of aromatic hydroxyl groups is 1. The van der Waals surface area contributed by atoms with E-state index in [0.29, 0.717) is 35.0 Å². The quantitative estimate of drug-likeness (QED) is 0.411. The van der Waals surface area contributed by atoms with Gasteiger partial charge in [-0.15, -0.1) is 0 Å². The number of amides is 1. The highest BCUT2D eigenvalue weighted by atomic mass is 35.5. The fraction of sp³-hybridized carbons (Fsp3) is 0.0909. The number of fused-ring (bicyclic) bond motifs is 1. The molecule has 1 amide bonds. The molecule has 158 valence electrons. The molecule has 0 fully saturated rings. The van der Waals surface area contributed by atoms with Gasteiger partial charge in [0.15, 0.2) is 11.3 Å². The summed E-state index contributed by atoms with van der Waals surface area (Å²) in [6.45, 7) is 0.123. The van der Waals surface area contributed by atoms with Crippen molar-refractivity contribution in [2.45, 2.75) is 6.42 Å². The van der Waals surface area contributed by atoms with Gasteiger partial charge in [-0.25, -0.2) is 9.50 Å². The number of aromatic nitrogens is 3. The minimum atomic E-state index is -0.300. The van der Waals surface area contributed by atoms with Gasteiger partial charge in [-0.1, -0.05) is 41.9 Å². The number of phenols is 1. The van der Waals surface area contributed by atoms with E-state index in [2.05, 4.69) is 15.4 Å². The molecule has 0 aliphatic heterocycles. The second-order valence-corrected chi connectivity index (χ2v) is 6.79. The Balaban J connectivity index is 0.000000858. The molecule has 0 aliphatic rings. The molecule has 8 nitrogen and oxygen atoms in total.